The molecule has 0 unspecified atom stereocenters. The van der Waals surface area contributed by atoms with E-state index in [0.717, 1.165) is 5.56 Å². The Morgan fingerprint density at radius 2 is 1.80 bits per heavy atom. The summed E-state index contributed by atoms with van der Waals surface area (Å²) in [5, 5.41) is 16.8. The summed E-state index contributed by atoms with van der Waals surface area (Å²) in [5.74, 6) is -0.411. The predicted molar refractivity (Wildman–Crippen MR) is 75.0 cm³/mol. The van der Waals surface area contributed by atoms with Crippen molar-refractivity contribution in [3.05, 3.63) is 71.9 Å². The second-order valence-electron chi connectivity index (χ2n) is 4.11. The van der Waals surface area contributed by atoms with E-state index in [2.05, 4.69) is 15.2 Å². The Hall–Kier alpha value is -2.82. The van der Waals surface area contributed by atoms with Gasteiger partial charge in [0.15, 0.2) is 5.70 Å². The summed E-state index contributed by atoms with van der Waals surface area (Å²) in [6.45, 7) is 1.97. The fourth-order valence-corrected chi connectivity index (χ4v) is 1.50. The normalized spacial score (nSPS) is 11.8. The molecule has 0 aliphatic carbocycles. The molecule has 0 bridgehead atoms. The molecule has 1 N–H and O–H groups in total. The molecule has 20 heavy (non-hydrogen) atoms. The third-order valence-electron chi connectivity index (χ3n) is 2.60. The monoisotopic (exact) mass is 267 g/mol. The Labute approximate surface area is 116 Å². The summed E-state index contributed by atoms with van der Waals surface area (Å²) in [7, 11) is 0. The predicted octanol–water partition coefficient (Wildman–Crippen LogP) is 3.76. The number of azo groups is 1. The van der Waals surface area contributed by atoms with Crippen molar-refractivity contribution in [3.63, 3.8) is 0 Å². The average molecular weight is 267 g/mol. The molecular formula is C15H13N3O2. The van der Waals surface area contributed by atoms with Gasteiger partial charge in [-0.1, -0.05) is 17.7 Å². The number of aromatic nitrogens is 1. The van der Waals surface area contributed by atoms with Crippen LogP contribution in [0.1, 0.15) is 15.9 Å². The van der Waals surface area contributed by atoms with E-state index < -0.39 is 5.78 Å². The molecule has 2 aromatic rings. The van der Waals surface area contributed by atoms with E-state index in [9.17, 15) is 4.79 Å². The fraction of sp³-hybridized carbons (Fsp3) is 0.0667. The standard InChI is InChI=1S/C15H13N3O2/c1-11-2-4-13(5-3-11)17-18-14(10-19)15(20)12-6-8-16-9-7-12/h2-10,19H,1H3. The van der Waals surface area contributed by atoms with E-state index in [-0.39, 0.29) is 5.70 Å². The first-order valence-corrected chi connectivity index (χ1v) is 5.98. The highest BCUT2D eigenvalue weighted by molar-refractivity contribution is 6.08. The molecule has 0 radical (unpaired) electrons. The van der Waals surface area contributed by atoms with E-state index in [1.165, 1.54) is 12.4 Å². The molecule has 0 amide bonds. The van der Waals surface area contributed by atoms with Crippen LogP contribution in [-0.4, -0.2) is 15.9 Å². The maximum atomic E-state index is 12.0. The average Bonchev–Trinajstić information content (AvgIpc) is 2.50. The lowest BCUT2D eigenvalue weighted by Gasteiger charge is -1.99. The third-order valence-corrected chi connectivity index (χ3v) is 2.60. The minimum atomic E-state index is -0.411. The number of nitrogens with zero attached hydrogens (tertiary/aromatic N) is 3. The van der Waals surface area contributed by atoms with Gasteiger partial charge in [0, 0.05) is 18.0 Å². The molecule has 0 aliphatic heterocycles. The van der Waals surface area contributed by atoms with Crippen molar-refractivity contribution in [1.82, 2.24) is 4.98 Å². The van der Waals surface area contributed by atoms with Crippen LogP contribution in [0.4, 0.5) is 5.69 Å². The molecule has 0 atom stereocenters. The highest BCUT2D eigenvalue weighted by Crippen LogP contribution is 2.16. The maximum Gasteiger partial charge on any atom is 0.216 e. The first-order valence-electron chi connectivity index (χ1n) is 5.98. The summed E-state index contributed by atoms with van der Waals surface area (Å²) in [6.07, 6.45) is 3.65. The van der Waals surface area contributed by atoms with Crippen LogP contribution in [0.25, 0.3) is 0 Å². The molecular weight excluding hydrogens is 254 g/mol. The van der Waals surface area contributed by atoms with Crippen molar-refractivity contribution in [2.75, 3.05) is 0 Å². The Bertz CT molecular complexity index is 647. The fourth-order valence-electron chi connectivity index (χ4n) is 1.50. The minimum Gasteiger partial charge on any atom is -0.513 e. The van der Waals surface area contributed by atoms with Gasteiger partial charge in [0.1, 0.15) is 6.26 Å². The number of ketones is 1. The van der Waals surface area contributed by atoms with Crippen molar-refractivity contribution >= 4 is 11.5 Å². The van der Waals surface area contributed by atoms with Crippen molar-refractivity contribution in [3.8, 4) is 0 Å². The smallest absolute Gasteiger partial charge is 0.216 e. The first kappa shape index (κ1) is 13.6. The van der Waals surface area contributed by atoms with Gasteiger partial charge in [-0.2, -0.15) is 5.11 Å². The largest absolute Gasteiger partial charge is 0.513 e. The Morgan fingerprint density at radius 1 is 1.15 bits per heavy atom. The Balaban J connectivity index is 2.18. The molecule has 2 rings (SSSR count). The number of carbonyl (C=O) groups is 1. The van der Waals surface area contributed by atoms with Gasteiger partial charge in [-0.3, -0.25) is 9.78 Å². The molecule has 5 nitrogen and oxygen atoms in total. The maximum absolute atomic E-state index is 12.0. The number of rotatable bonds is 4. The summed E-state index contributed by atoms with van der Waals surface area (Å²) in [5.41, 5.74) is 1.98. The van der Waals surface area contributed by atoms with Gasteiger partial charge in [0.2, 0.25) is 5.78 Å². The molecule has 0 saturated carbocycles. The molecule has 1 heterocycles. The van der Waals surface area contributed by atoms with Crippen molar-refractivity contribution in [2.24, 2.45) is 10.2 Å². The van der Waals surface area contributed by atoms with E-state index in [4.69, 9.17) is 5.11 Å². The lowest BCUT2D eigenvalue weighted by molar-refractivity contribution is 0.102. The van der Waals surface area contributed by atoms with Crippen LogP contribution in [0.3, 0.4) is 0 Å². The van der Waals surface area contributed by atoms with E-state index in [1.807, 2.05) is 19.1 Å². The van der Waals surface area contributed by atoms with Gasteiger partial charge >= 0.3 is 0 Å². The molecule has 5 heteroatoms. The Morgan fingerprint density at radius 3 is 2.40 bits per heavy atom. The van der Waals surface area contributed by atoms with Crippen LogP contribution in [0, 0.1) is 6.92 Å². The number of allylic oxidation sites excluding steroid dienone is 1. The summed E-state index contributed by atoms with van der Waals surface area (Å²) in [6, 6.07) is 10.4. The number of Topliss-reactive ketones (excluding diaryl/α,β-unsaturated/α-hetero) is 1. The van der Waals surface area contributed by atoms with Gasteiger partial charge in [0.25, 0.3) is 0 Å². The lowest BCUT2D eigenvalue weighted by Crippen LogP contribution is -2.01. The summed E-state index contributed by atoms with van der Waals surface area (Å²) >= 11 is 0. The molecule has 1 aromatic carbocycles. The SMILES string of the molecule is Cc1ccc(N=NC(=CO)C(=O)c2ccncc2)cc1. The third kappa shape index (κ3) is 3.35. The van der Waals surface area contributed by atoms with E-state index in [0.29, 0.717) is 17.5 Å². The number of pyridine rings is 1. The molecule has 0 saturated heterocycles. The number of carbonyl (C=O) groups excluding carboxylic acids is 1. The second kappa shape index (κ2) is 6.38. The number of hydrogen-bond donors (Lipinski definition) is 1. The van der Waals surface area contributed by atoms with Crippen molar-refractivity contribution in [2.45, 2.75) is 6.92 Å². The number of benzene rings is 1. The van der Waals surface area contributed by atoms with E-state index in [1.54, 1.807) is 24.3 Å². The Kier molecular flexibility index (Phi) is 4.34. The zero-order chi connectivity index (χ0) is 14.4. The van der Waals surface area contributed by atoms with Crippen LogP contribution in [0.15, 0.2) is 71.0 Å². The molecule has 0 spiro atoms. The first-order chi connectivity index (χ1) is 9.70. The summed E-state index contributed by atoms with van der Waals surface area (Å²) < 4.78 is 0. The van der Waals surface area contributed by atoms with Crippen molar-refractivity contribution < 1.29 is 9.90 Å². The van der Waals surface area contributed by atoms with Gasteiger partial charge < -0.3 is 5.11 Å². The van der Waals surface area contributed by atoms with Gasteiger partial charge in [-0.25, -0.2) is 0 Å². The molecule has 0 aliphatic rings. The molecule has 1 aromatic heterocycles. The van der Waals surface area contributed by atoms with Crippen LogP contribution >= 0.6 is 0 Å². The van der Waals surface area contributed by atoms with Gasteiger partial charge in [-0.15, -0.1) is 5.11 Å². The quantitative estimate of drug-likeness (QED) is 0.396. The van der Waals surface area contributed by atoms with Crippen LogP contribution in [0.5, 0.6) is 0 Å². The van der Waals surface area contributed by atoms with Crippen LogP contribution in [0.2, 0.25) is 0 Å². The highest BCUT2D eigenvalue weighted by atomic mass is 16.2. The zero-order valence-corrected chi connectivity index (χ0v) is 10.9. The molecule has 100 valence electrons. The van der Waals surface area contributed by atoms with Crippen LogP contribution < -0.4 is 0 Å². The van der Waals surface area contributed by atoms with Gasteiger partial charge in [0.05, 0.1) is 5.69 Å². The van der Waals surface area contributed by atoms with Gasteiger partial charge in [-0.05, 0) is 31.2 Å². The topological polar surface area (TPSA) is 74.9 Å². The second-order valence-corrected chi connectivity index (χ2v) is 4.11. The number of aryl methyl sites for hydroxylation is 1. The summed E-state index contributed by atoms with van der Waals surface area (Å²) in [4.78, 5) is 15.9. The van der Waals surface area contributed by atoms with Crippen molar-refractivity contribution in [1.29, 1.82) is 0 Å². The van der Waals surface area contributed by atoms with E-state index >= 15 is 0 Å². The lowest BCUT2D eigenvalue weighted by atomic mass is 10.1. The number of aliphatic hydroxyl groups is 1. The number of hydrogen-bond acceptors (Lipinski definition) is 5. The number of aliphatic hydroxyl groups excluding tert-OH is 1. The van der Waals surface area contributed by atoms with Crippen LogP contribution in [-0.2, 0) is 0 Å². The molecule has 0 fully saturated rings. The minimum absolute atomic E-state index is 0.128. The highest BCUT2D eigenvalue weighted by Gasteiger charge is 2.11. The zero-order valence-electron chi connectivity index (χ0n) is 10.9.